The predicted molar refractivity (Wildman–Crippen MR) is 184 cm³/mol. The average Bonchev–Trinajstić information content (AvgIpc) is 3.62. The van der Waals surface area contributed by atoms with E-state index >= 15 is 0 Å². The first-order valence-corrected chi connectivity index (χ1v) is 16.4. The monoisotopic (exact) mass is 686 g/mol. The van der Waals surface area contributed by atoms with E-state index < -0.39 is 59.4 Å². The van der Waals surface area contributed by atoms with Crippen molar-refractivity contribution < 1.29 is 38.9 Å². The molecule has 0 bridgehead atoms. The summed E-state index contributed by atoms with van der Waals surface area (Å²) in [5.74, 6) is 1.97. The number of hydrogen-bond donors (Lipinski definition) is 5. The van der Waals surface area contributed by atoms with Gasteiger partial charge in [-0.25, -0.2) is 4.79 Å². The van der Waals surface area contributed by atoms with Gasteiger partial charge in [-0.05, 0) is 52.6 Å². The molecule has 3 aliphatic rings. The highest BCUT2D eigenvalue weighted by molar-refractivity contribution is 6.11. The van der Waals surface area contributed by atoms with Crippen LogP contribution in [0, 0.1) is 17.8 Å². The highest BCUT2D eigenvalue weighted by atomic mass is 16.6. The molecule has 3 amide bonds. The normalized spacial score (nSPS) is 24.8. The molecule has 0 aliphatic carbocycles. The third kappa shape index (κ3) is 5.72. The number of primary amides is 1. The molecule has 4 aromatic carbocycles. The highest BCUT2D eigenvalue weighted by Gasteiger charge is 2.74. The topological polar surface area (TPSA) is 181 Å². The van der Waals surface area contributed by atoms with E-state index in [1.54, 1.807) is 42.5 Å². The number of ether oxygens (including phenoxy) is 2. The number of nitrogens with one attached hydrogen (secondary N) is 2. The van der Waals surface area contributed by atoms with Crippen LogP contribution in [0.3, 0.4) is 0 Å². The standard InChI is InChI=1S/C39H34N4O8/c40-38(49)41-19-7-8-23-13-18-29-28(22-23)39(37(48)42-29)30(35(45)46)32-36(47)51-33(25-11-5-2-6-12-25)31(24-9-3-1-4-10-24)43(32)34(39)26-14-16-27(17-15-26)50-21-20-44/h1-6,9-18,22,30-34,44H,19-21H2,(H,42,48)(H,45,46)(H3,40,41,49)/t30-,31-,32-,33+,34+,39-/m1/s1. The van der Waals surface area contributed by atoms with Crippen molar-refractivity contribution in [3.8, 4) is 17.6 Å². The summed E-state index contributed by atoms with van der Waals surface area (Å²) in [5, 5.41) is 25.8. The van der Waals surface area contributed by atoms with Gasteiger partial charge >= 0.3 is 18.0 Å². The Morgan fingerprint density at radius 2 is 1.61 bits per heavy atom. The van der Waals surface area contributed by atoms with Crippen LogP contribution in [0.15, 0.2) is 103 Å². The zero-order valence-corrected chi connectivity index (χ0v) is 27.2. The molecule has 7 rings (SSSR count). The highest BCUT2D eigenvalue weighted by Crippen LogP contribution is 2.64. The third-order valence-electron chi connectivity index (χ3n) is 9.71. The number of rotatable bonds is 8. The zero-order chi connectivity index (χ0) is 35.7. The number of carbonyl (C=O) groups excluding carboxylic acids is 3. The number of nitrogens with zero attached hydrogens (tertiary/aromatic N) is 1. The second kappa shape index (κ2) is 13.6. The van der Waals surface area contributed by atoms with Gasteiger partial charge in [-0.2, -0.15) is 0 Å². The Morgan fingerprint density at radius 3 is 2.25 bits per heavy atom. The van der Waals surface area contributed by atoms with Crippen LogP contribution in [0.25, 0.3) is 0 Å². The number of amides is 3. The first-order chi connectivity index (χ1) is 24.7. The lowest BCUT2D eigenvalue weighted by Gasteiger charge is -2.46. The maximum absolute atomic E-state index is 14.8. The van der Waals surface area contributed by atoms with Crippen molar-refractivity contribution in [2.24, 2.45) is 11.7 Å². The first kappa shape index (κ1) is 33.3. The maximum atomic E-state index is 14.8. The lowest BCUT2D eigenvalue weighted by Crippen LogP contribution is -2.52. The maximum Gasteiger partial charge on any atom is 0.325 e. The fourth-order valence-corrected chi connectivity index (χ4v) is 7.84. The van der Waals surface area contributed by atoms with Crippen molar-refractivity contribution in [3.05, 3.63) is 131 Å². The van der Waals surface area contributed by atoms with Crippen LogP contribution in [0.1, 0.15) is 46.0 Å². The Hall–Kier alpha value is -6.16. The van der Waals surface area contributed by atoms with Crippen LogP contribution in [0.4, 0.5) is 10.5 Å². The molecule has 6 N–H and O–H groups in total. The van der Waals surface area contributed by atoms with E-state index in [1.165, 1.54) is 0 Å². The molecule has 2 saturated heterocycles. The van der Waals surface area contributed by atoms with Crippen molar-refractivity contribution in [2.75, 3.05) is 25.1 Å². The number of hydrogen-bond acceptors (Lipinski definition) is 8. The van der Waals surface area contributed by atoms with Crippen molar-refractivity contribution in [2.45, 2.75) is 29.6 Å². The molecule has 2 fully saturated rings. The molecule has 12 heteroatoms. The minimum Gasteiger partial charge on any atom is -0.491 e. The number of anilines is 1. The van der Waals surface area contributed by atoms with Gasteiger partial charge in [-0.3, -0.25) is 19.3 Å². The summed E-state index contributed by atoms with van der Waals surface area (Å²) in [4.78, 5) is 55.9. The number of carbonyl (C=O) groups is 4. The van der Waals surface area contributed by atoms with Crippen LogP contribution in [-0.2, 0) is 24.5 Å². The van der Waals surface area contributed by atoms with Crippen LogP contribution in [0.2, 0.25) is 0 Å². The molecule has 51 heavy (non-hydrogen) atoms. The van der Waals surface area contributed by atoms with Crippen LogP contribution >= 0.6 is 0 Å². The number of morpholine rings is 1. The average molecular weight is 687 g/mol. The Bertz CT molecular complexity index is 2050. The molecule has 0 saturated carbocycles. The van der Waals surface area contributed by atoms with Gasteiger partial charge in [0.25, 0.3) is 0 Å². The summed E-state index contributed by atoms with van der Waals surface area (Å²) in [5.41, 5.74) is 6.58. The van der Waals surface area contributed by atoms with E-state index in [9.17, 15) is 29.4 Å². The number of carboxylic acids is 1. The number of urea groups is 1. The van der Waals surface area contributed by atoms with Crippen molar-refractivity contribution in [1.29, 1.82) is 0 Å². The van der Waals surface area contributed by atoms with E-state index in [1.807, 2.05) is 65.6 Å². The molecule has 1 spiro atoms. The summed E-state index contributed by atoms with van der Waals surface area (Å²) < 4.78 is 11.9. The van der Waals surface area contributed by atoms with Crippen molar-refractivity contribution >= 4 is 29.6 Å². The zero-order valence-electron chi connectivity index (χ0n) is 27.2. The molecule has 0 radical (unpaired) electrons. The molecule has 0 unspecified atom stereocenters. The Labute approximate surface area is 293 Å². The number of aliphatic hydroxyl groups excluding tert-OH is 1. The molecule has 258 valence electrons. The van der Waals surface area contributed by atoms with Gasteiger partial charge in [0.2, 0.25) is 5.91 Å². The number of aliphatic hydroxyl groups is 1. The Morgan fingerprint density at radius 1 is 0.922 bits per heavy atom. The van der Waals surface area contributed by atoms with Crippen molar-refractivity contribution in [3.63, 3.8) is 0 Å². The summed E-state index contributed by atoms with van der Waals surface area (Å²) in [7, 11) is 0. The quantitative estimate of drug-likeness (QED) is 0.137. The number of cyclic esters (lactones) is 1. The molecule has 12 nitrogen and oxygen atoms in total. The number of benzene rings is 4. The Kier molecular flexibility index (Phi) is 8.91. The van der Waals surface area contributed by atoms with E-state index in [0.717, 1.165) is 5.56 Å². The van der Waals surface area contributed by atoms with E-state index in [2.05, 4.69) is 22.5 Å². The van der Waals surface area contributed by atoms with Gasteiger partial charge in [0.15, 0.2) is 0 Å². The van der Waals surface area contributed by atoms with Gasteiger partial charge in [0.05, 0.1) is 25.2 Å². The first-order valence-electron chi connectivity index (χ1n) is 16.4. The molecule has 3 heterocycles. The molecule has 3 aliphatic heterocycles. The SMILES string of the molecule is NC(=O)NCC#Cc1ccc2c(c1)[C@]1(C(=O)N2)[C@H](c2ccc(OCCO)cc2)N2[C@H](c3ccccc3)[C@H](c3ccccc3)OC(=O)[C@H]2[C@@H]1C(=O)O. The third-order valence-corrected chi connectivity index (χ3v) is 9.71. The number of carboxylic acid groups (broad SMARTS) is 1. The summed E-state index contributed by atoms with van der Waals surface area (Å²) in [6.45, 7) is -0.149. The summed E-state index contributed by atoms with van der Waals surface area (Å²) >= 11 is 0. The van der Waals surface area contributed by atoms with Crippen LogP contribution in [-0.4, -0.2) is 64.8 Å². The molecule has 6 atom stereocenters. The smallest absolute Gasteiger partial charge is 0.325 e. The second-order valence-electron chi connectivity index (χ2n) is 12.5. The van der Waals surface area contributed by atoms with E-state index in [0.29, 0.717) is 33.7 Å². The number of nitrogens with two attached hydrogens (primary N) is 1. The number of esters is 1. The summed E-state index contributed by atoms with van der Waals surface area (Å²) in [6, 6.07) is 26.7. The lowest BCUT2D eigenvalue weighted by atomic mass is 9.65. The van der Waals surface area contributed by atoms with Gasteiger partial charge in [-0.15, -0.1) is 0 Å². The lowest BCUT2D eigenvalue weighted by molar-refractivity contribution is -0.179. The minimum absolute atomic E-state index is 0.0266. The molecular weight excluding hydrogens is 652 g/mol. The van der Waals surface area contributed by atoms with Gasteiger partial charge in [0.1, 0.15) is 35.8 Å². The number of aliphatic carboxylic acids is 1. The summed E-state index contributed by atoms with van der Waals surface area (Å²) in [6.07, 6.45) is -0.851. The fraction of sp³-hybridized carbons (Fsp3) is 0.231. The fourth-order valence-electron chi connectivity index (χ4n) is 7.84. The van der Waals surface area contributed by atoms with Crippen LogP contribution in [0.5, 0.6) is 5.75 Å². The van der Waals surface area contributed by atoms with Gasteiger partial charge in [0, 0.05) is 11.3 Å². The molecule has 0 aromatic heterocycles. The second-order valence-corrected chi connectivity index (χ2v) is 12.5. The predicted octanol–water partition coefficient (Wildman–Crippen LogP) is 3.43. The minimum atomic E-state index is -1.85. The van der Waals surface area contributed by atoms with Crippen molar-refractivity contribution in [1.82, 2.24) is 10.2 Å². The Balaban J connectivity index is 1.49. The van der Waals surface area contributed by atoms with Crippen LogP contribution < -0.4 is 21.1 Å². The molecule has 4 aromatic rings. The largest absolute Gasteiger partial charge is 0.491 e. The van der Waals surface area contributed by atoms with E-state index in [-0.39, 0.29) is 19.8 Å². The van der Waals surface area contributed by atoms with E-state index in [4.69, 9.17) is 15.2 Å². The molecular formula is C39H34N4O8. The van der Waals surface area contributed by atoms with Gasteiger partial charge < -0.3 is 36.1 Å². The van der Waals surface area contributed by atoms with Gasteiger partial charge in [-0.1, -0.05) is 84.6 Å². The number of fused-ring (bicyclic) bond motifs is 3.